The summed E-state index contributed by atoms with van der Waals surface area (Å²) in [4.78, 5) is 36.6. The fourth-order valence-electron chi connectivity index (χ4n) is 3.38. The van der Waals surface area contributed by atoms with Crippen molar-refractivity contribution >= 4 is 17.6 Å². The van der Waals surface area contributed by atoms with Gasteiger partial charge < -0.3 is 9.53 Å². The number of ether oxygens (including phenoxy) is 1. The normalized spacial score (nSPS) is 13.3. The van der Waals surface area contributed by atoms with Gasteiger partial charge in [0.05, 0.1) is 17.7 Å². The Labute approximate surface area is 178 Å². The highest BCUT2D eigenvalue weighted by atomic mass is 16.5. The van der Waals surface area contributed by atoms with Crippen LogP contribution in [0.3, 0.4) is 0 Å². The van der Waals surface area contributed by atoms with E-state index in [2.05, 4.69) is 0 Å². The van der Waals surface area contributed by atoms with Crippen LogP contribution >= 0.6 is 0 Å². The van der Waals surface area contributed by atoms with Crippen LogP contribution in [0.5, 0.6) is 5.75 Å². The zero-order chi connectivity index (χ0) is 21.8. The van der Waals surface area contributed by atoms with E-state index in [9.17, 15) is 14.4 Å². The summed E-state index contributed by atoms with van der Waals surface area (Å²) in [7, 11) is 0. The van der Waals surface area contributed by atoms with Crippen LogP contribution in [0, 0.1) is 11.3 Å². The van der Waals surface area contributed by atoms with Gasteiger partial charge in [-0.2, -0.15) is 5.26 Å². The number of Topliss-reactive ketones (excluding diaryl/α,β-unsaturated/α-hetero) is 1. The molecule has 0 bridgehead atoms. The van der Waals surface area contributed by atoms with Crippen molar-refractivity contribution in [3.05, 3.63) is 41.7 Å². The van der Waals surface area contributed by atoms with Crippen molar-refractivity contribution in [3.8, 4) is 11.8 Å². The highest BCUT2D eigenvalue weighted by Gasteiger charge is 2.32. The molecule has 6 heteroatoms. The Morgan fingerprint density at radius 2 is 1.50 bits per heavy atom. The number of ketones is 1. The van der Waals surface area contributed by atoms with Crippen LogP contribution in [0.15, 0.2) is 36.1 Å². The molecule has 160 valence electrons. The summed E-state index contributed by atoms with van der Waals surface area (Å²) in [5, 5.41) is 8.82. The largest absolute Gasteiger partial charge is 0.451 e. The Balaban J connectivity index is 1.58. The van der Waals surface area contributed by atoms with Gasteiger partial charge >= 0.3 is 0 Å². The van der Waals surface area contributed by atoms with Crippen molar-refractivity contribution < 1.29 is 19.1 Å². The maximum Gasteiger partial charge on any atom is 0.296 e. The molecule has 0 atom stereocenters. The molecule has 0 N–H and O–H groups in total. The molecular weight excluding hydrogens is 380 g/mol. The monoisotopic (exact) mass is 410 g/mol. The van der Waals surface area contributed by atoms with Crippen molar-refractivity contribution in [3.63, 3.8) is 0 Å². The predicted molar refractivity (Wildman–Crippen MR) is 113 cm³/mol. The van der Waals surface area contributed by atoms with Gasteiger partial charge in [0, 0.05) is 13.0 Å². The van der Waals surface area contributed by atoms with E-state index in [0.717, 1.165) is 38.5 Å². The second-order valence-electron chi connectivity index (χ2n) is 7.68. The summed E-state index contributed by atoms with van der Waals surface area (Å²) in [5.74, 6) is -0.0312. The van der Waals surface area contributed by atoms with E-state index in [1.165, 1.54) is 30.2 Å². The van der Waals surface area contributed by atoms with E-state index in [0.29, 0.717) is 24.3 Å². The molecule has 0 saturated heterocycles. The third-order valence-corrected chi connectivity index (χ3v) is 5.10. The zero-order valence-corrected chi connectivity index (χ0v) is 17.7. The summed E-state index contributed by atoms with van der Waals surface area (Å²) in [6.07, 6.45) is 11.6. The fraction of sp³-hybridized carbons (Fsp3) is 0.500. The molecule has 1 aromatic rings. The van der Waals surface area contributed by atoms with Crippen LogP contribution in [-0.4, -0.2) is 29.0 Å². The van der Waals surface area contributed by atoms with Crippen LogP contribution < -0.4 is 4.74 Å². The third-order valence-electron chi connectivity index (χ3n) is 5.10. The van der Waals surface area contributed by atoms with Crippen LogP contribution in [0.2, 0.25) is 0 Å². The average Bonchev–Trinajstić information content (AvgIpc) is 2.99. The lowest BCUT2D eigenvalue weighted by molar-refractivity contribution is -0.138. The number of imide groups is 1. The van der Waals surface area contributed by atoms with Gasteiger partial charge in [-0.25, -0.2) is 0 Å². The molecule has 0 aliphatic carbocycles. The third kappa shape index (κ3) is 7.82. The Bertz CT molecular complexity index is 805. The topological polar surface area (TPSA) is 87.5 Å². The van der Waals surface area contributed by atoms with Crippen molar-refractivity contribution in [1.82, 2.24) is 4.90 Å². The van der Waals surface area contributed by atoms with Gasteiger partial charge in [-0.3, -0.25) is 14.5 Å². The summed E-state index contributed by atoms with van der Waals surface area (Å²) in [6.45, 7) is 2.04. The number of carbonyl (C=O) groups excluding carboxylic acids is 3. The van der Waals surface area contributed by atoms with Gasteiger partial charge in [-0.1, -0.05) is 44.9 Å². The molecule has 2 rings (SSSR count). The van der Waals surface area contributed by atoms with E-state index >= 15 is 0 Å². The van der Waals surface area contributed by atoms with E-state index < -0.39 is 5.91 Å². The Morgan fingerprint density at radius 1 is 0.933 bits per heavy atom. The lowest BCUT2D eigenvalue weighted by Gasteiger charge is -2.14. The van der Waals surface area contributed by atoms with Crippen LogP contribution in [0.4, 0.5) is 0 Å². The summed E-state index contributed by atoms with van der Waals surface area (Å²) >= 11 is 0. The lowest BCUT2D eigenvalue weighted by atomic mass is 10.1. The Kier molecular flexibility index (Phi) is 9.79. The van der Waals surface area contributed by atoms with E-state index in [1.807, 2.05) is 6.07 Å². The van der Waals surface area contributed by atoms with Gasteiger partial charge in [0.15, 0.2) is 5.76 Å². The average molecular weight is 411 g/mol. The second-order valence-corrected chi connectivity index (χ2v) is 7.68. The standard InChI is InChI=1S/C24H30N2O4/c1-19(27)11-9-7-5-3-2-4-6-8-10-16-26-23(28)17-22(24(26)29)30-21-14-12-20(18-25)13-15-21/h12-15,17H,2-11,16H2,1H3. The molecule has 0 radical (unpaired) electrons. The number of unbranched alkanes of at least 4 members (excludes halogenated alkanes) is 8. The smallest absolute Gasteiger partial charge is 0.296 e. The van der Waals surface area contributed by atoms with E-state index in [-0.39, 0.29) is 17.4 Å². The van der Waals surface area contributed by atoms with Gasteiger partial charge in [-0.15, -0.1) is 0 Å². The van der Waals surface area contributed by atoms with Gasteiger partial charge in [0.1, 0.15) is 11.5 Å². The molecule has 2 amide bonds. The molecule has 1 aromatic carbocycles. The second kappa shape index (κ2) is 12.6. The first-order valence-electron chi connectivity index (χ1n) is 10.8. The van der Waals surface area contributed by atoms with Crippen LogP contribution in [0.1, 0.15) is 76.7 Å². The van der Waals surface area contributed by atoms with Crippen molar-refractivity contribution in [1.29, 1.82) is 5.26 Å². The quantitative estimate of drug-likeness (QED) is 0.328. The molecule has 1 aliphatic heterocycles. The molecule has 0 aromatic heterocycles. The summed E-state index contributed by atoms with van der Waals surface area (Å²) < 4.78 is 5.52. The van der Waals surface area contributed by atoms with Gasteiger partial charge in [0.25, 0.3) is 11.8 Å². The predicted octanol–water partition coefficient (Wildman–Crippen LogP) is 4.68. The first-order chi connectivity index (χ1) is 14.5. The summed E-state index contributed by atoms with van der Waals surface area (Å²) in [6, 6.07) is 8.41. The van der Waals surface area contributed by atoms with E-state index in [1.54, 1.807) is 31.2 Å². The minimum Gasteiger partial charge on any atom is -0.451 e. The molecule has 0 spiro atoms. The lowest BCUT2D eigenvalue weighted by Crippen LogP contribution is -2.32. The van der Waals surface area contributed by atoms with Crippen LogP contribution in [-0.2, 0) is 14.4 Å². The van der Waals surface area contributed by atoms with Crippen molar-refractivity contribution in [2.45, 2.75) is 71.1 Å². The van der Waals surface area contributed by atoms with Crippen molar-refractivity contribution in [2.24, 2.45) is 0 Å². The number of nitrogens with zero attached hydrogens (tertiary/aromatic N) is 2. The molecule has 6 nitrogen and oxygen atoms in total. The molecule has 1 heterocycles. The van der Waals surface area contributed by atoms with Gasteiger partial charge in [-0.05, 0) is 44.0 Å². The molecule has 0 unspecified atom stereocenters. The Hall–Kier alpha value is -2.94. The minimum absolute atomic E-state index is 0.0227. The first kappa shape index (κ1) is 23.3. The highest BCUT2D eigenvalue weighted by Crippen LogP contribution is 2.20. The number of hydrogen-bond acceptors (Lipinski definition) is 5. The molecule has 0 saturated carbocycles. The number of nitriles is 1. The first-order valence-corrected chi connectivity index (χ1v) is 10.8. The zero-order valence-electron chi connectivity index (χ0n) is 17.7. The number of benzene rings is 1. The number of hydrogen-bond donors (Lipinski definition) is 0. The maximum atomic E-state index is 12.4. The SMILES string of the molecule is CC(=O)CCCCCCCCCCCN1C(=O)C=C(Oc2ccc(C#N)cc2)C1=O. The number of amides is 2. The van der Waals surface area contributed by atoms with Crippen molar-refractivity contribution in [2.75, 3.05) is 6.54 Å². The highest BCUT2D eigenvalue weighted by molar-refractivity contribution is 6.15. The maximum absolute atomic E-state index is 12.4. The summed E-state index contributed by atoms with van der Waals surface area (Å²) in [5.41, 5.74) is 0.500. The molecule has 30 heavy (non-hydrogen) atoms. The minimum atomic E-state index is -0.407. The molecule has 0 fully saturated rings. The fourth-order valence-corrected chi connectivity index (χ4v) is 3.38. The number of rotatable bonds is 14. The van der Waals surface area contributed by atoms with Crippen LogP contribution in [0.25, 0.3) is 0 Å². The molecule has 1 aliphatic rings. The van der Waals surface area contributed by atoms with Gasteiger partial charge in [0.2, 0.25) is 0 Å². The molecular formula is C24H30N2O4. The number of carbonyl (C=O) groups is 3. The van der Waals surface area contributed by atoms with E-state index in [4.69, 9.17) is 10.00 Å². The Morgan fingerprint density at radius 3 is 2.07 bits per heavy atom.